The highest BCUT2D eigenvalue weighted by Crippen LogP contribution is 2.46. The molecule has 0 radical (unpaired) electrons. The number of aryl methyl sites for hydroxylation is 1. The van der Waals surface area contributed by atoms with Crippen LogP contribution in [0.4, 0.5) is 0 Å². The lowest BCUT2D eigenvalue weighted by atomic mass is 9.79. The molecule has 0 atom stereocenters. The highest BCUT2D eigenvalue weighted by atomic mass is 16.3. The van der Waals surface area contributed by atoms with E-state index in [0.29, 0.717) is 11.1 Å². The van der Waals surface area contributed by atoms with Crippen molar-refractivity contribution in [2.45, 2.75) is 65.2 Å². The molecule has 0 fully saturated rings. The molecule has 0 saturated heterocycles. The summed E-state index contributed by atoms with van der Waals surface area (Å²) in [5.41, 5.74) is 9.69. The molecule has 1 aromatic heterocycles. The molecule has 0 amide bonds. The third kappa shape index (κ3) is 2.01. The molecular formula is C22H24N2O2. The highest BCUT2D eigenvalue weighted by Gasteiger charge is 2.42. The Morgan fingerprint density at radius 2 is 1.54 bits per heavy atom. The Kier molecular flexibility index (Phi) is 3.40. The molecule has 2 heterocycles. The maximum absolute atomic E-state index is 13.0. The molecule has 1 aliphatic heterocycles. The molecule has 0 bridgehead atoms. The topological polar surface area (TPSA) is 65.5 Å². The Morgan fingerprint density at radius 1 is 0.885 bits per heavy atom. The van der Waals surface area contributed by atoms with Gasteiger partial charge in [0, 0.05) is 11.4 Å². The Morgan fingerprint density at radius 3 is 2.27 bits per heavy atom. The quantitative estimate of drug-likeness (QED) is 0.725. The van der Waals surface area contributed by atoms with E-state index in [-0.39, 0.29) is 11.5 Å². The molecule has 5 rings (SSSR count). The fourth-order valence-electron chi connectivity index (χ4n) is 5.08. The summed E-state index contributed by atoms with van der Waals surface area (Å²) >= 11 is 0. The summed E-state index contributed by atoms with van der Waals surface area (Å²) in [4.78, 5) is 21.1. The number of H-pyrrole nitrogens is 1. The highest BCUT2D eigenvalue weighted by molar-refractivity contribution is 6.39. The largest absolute Gasteiger partial charge is 0.506 e. The number of aromatic amines is 1. The molecule has 4 heteroatoms. The van der Waals surface area contributed by atoms with E-state index in [2.05, 4.69) is 16.9 Å². The maximum Gasteiger partial charge on any atom is 0.204 e. The average molecular weight is 348 g/mol. The van der Waals surface area contributed by atoms with Crippen LogP contribution in [-0.4, -0.2) is 21.6 Å². The van der Waals surface area contributed by atoms with E-state index < -0.39 is 0 Å². The van der Waals surface area contributed by atoms with E-state index >= 15 is 0 Å². The number of rotatable bonds is 1. The van der Waals surface area contributed by atoms with Crippen LogP contribution in [0.2, 0.25) is 0 Å². The van der Waals surface area contributed by atoms with Crippen molar-refractivity contribution in [3.63, 3.8) is 0 Å². The van der Waals surface area contributed by atoms with Gasteiger partial charge in [-0.05, 0) is 87.5 Å². The molecule has 1 aromatic rings. The molecule has 134 valence electrons. The van der Waals surface area contributed by atoms with E-state index in [1.54, 1.807) is 0 Å². The Bertz CT molecular complexity index is 982. The maximum atomic E-state index is 13.0. The minimum Gasteiger partial charge on any atom is -0.506 e. The van der Waals surface area contributed by atoms with Crippen LogP contribution in [0.1, 0.15) is 68.0 Å². The Hall–Kier alpha value is -2.36. The number of aromatic nitrogens is 1. The molecular weight excluding hydrogens is 324 g/mol. The number of carbonyl (C=O) groups excluding carboxylic acids is 1. The zero-order chi connectivity index (χ0) is 18.0. The van der Waals surface area contributed by atoms with Crippen LogP contribution in [0, 0.1) is 6.92 Å². The number of hydrogen-bond donors (Lipinski definition) is 2. The van der Waals surface area contributed by atoms with E-state index in [4.69, 9.17) is 0 Å². The molecule has 2 N–H and O–H groups in total. The fraction of sp³-hybridized carbons (Fsp3) is 0.455. The first kappa shape index (κ1) is 15.9. The van der Waals surface area contributed by atoms with Gasteiger partial charge in [0.15, 0.2) is 0 Å². The third-order valence-corrected chi connectivity index (χ3v) is 6.42. The normalized spacial score (nSPS) is 25.3. The van der Waals surface area contributed by atoms with Crippen molar-refractivity contribution in [2.75, 3.05) is 0 Å². The molecule has 3 aliphatic carbocycles. The zero-order valence-corrected chi connectivity index (χ0v) is 15.5. The second kappa shape index (κ2) is 5.57. The van der Waals surface area contributed by atoms with Gasteiger partial charge in [-0.2, -0.15) is 0 Å². The van der Waals surface area contributed by atoms with Crippen LogP contribution in [0.3, 0.4) is 0 Å². The number of ketones is 1. The Labute approximate surface area is 153 Å². The number of Topliss-reactive ketones (excluding diaryl/α,β-unsaturated/α-hetero) is 1. The lowest BCUT2D eigenvalue weighted by molar-refractivity contribution is -0.111. The summed E-state index contributed by atoms with van der Waals surface area (Å²) in [6, 6.07) is 0. The minimum absolute atomic E-state index is 0.0528. The van der Waals surface area contributed by atoms with Crippen LogP contribution in [0.5, 0.6) is 0 Å². The van der Waals surface area contributed by atoms with Gasteiger partial charge in [0.05, 0.1) is 22.5 Å². The van der Waals surface area contributed by atoms with Crippen molar-refractivity contribution in [1.82, 2.24) is 4.98 Å². The predicted molar refractivity (Wildman–Crippen MR) is 102 cm³/mol. The molecule has 0 saturated carbocycles. The lowest BCUT2D eigenvalue weighted by Gasteiger charge is -2.25. The van der Waals surface area contributed by atoms with Crippen molar-refractivity contribution in [1.29, 1.82) is 0 Å². The van der Waals surface area contributed by atoms with Gasteiger partial charge in [0.25, 0.3) is 0 Å². The second-order valence-electron chi connectivity index (χ2n) is 7.93. The SMILES string of the molecule is CC1=NC(=C2C(=O)C(c3[nH]c(C)c4c3CCCC4)=C2O)C2=C1CCCC2. The van der Waals surface area contributed by atoms with Gasteiger partial charge in [0.1, 0.15) is 5.76 Å². The third-order valence-electron chi connectivity index (χ3n) is 6.42. The number of carbonyl (C=O) groups is 1. The van der Waals surface area contributed by atoms with Gasteiger partial charge in [-0.25, -0.2) is 0 Å². The van der Waals surface area contributed by atoms with Crippen molar-refractivity contribution in [3.8, 4) is 0 Å². The molecule has 0 aromatic carbocycles. The number of aliphatic hydroxyl groups excluding tert-OH is 1. The summed E-state index contributed by atoms with van der Waals surface area (Å²) in [6.45, 7) is 4.08. The number of aliphatic hydroxyl groups is 1. The number of fused-ring (bicyclic) bond motifs is 1. The number of nitrogens with one attached hydrogen (secondary N) is 1. The number of aliphatic imine (C=N–C) groups is 1. The van der Waals surface area contributed by atoms with Crippen molar-refractivity contribution in [3.05, 3.63) is 50.7 Å². The van der Waals surface area contributed by atoms with Crippen molar-refractivity contribution < 1.29 is 9.90 Å². The van der Waals surface area contributed by atoms with Gasteiger partial charge >= 0.3 is 0 Å². The van der Waals surface area contributed by atoms with Gasteiger partial charge in [-0.3, -0.25) is 9.79 Å². The summed E-state index contributed by atoms with van der Waals surface area (Å²) in [5, 5.41) is 10.8. The van der Waals surface area contributed by atoms with Gasteiger partial charge in [-0.1, -0.05) is 0 Å². The predicted octanol–water partition coefficient (Wildman–Crippen LogP) is 4.65. The summed E-state index contributed by atoms with van der Waals surface area (Å²) < 4.78 is 0. The molecule has 26 heavy (non-hydrogen) atoms. The zero-order valence-electron chi connectivity index (χ0n) is 15.5. The smallest absolute Gasteiger partial charge is 0.204 e. The van der Waals surface area contributed by atoms with E-state index in [0.717, 1.165) is 61.3 Å². The number of hydrogen-bond acceptors (Lipinski definition) is 3. The first-order valence-electron chi connectivity index (χ1n) is 9.79. The lowest BCUT2D eigenvalue weighted by Crippen LogP contribution is -2.24. The van der Waals surface area contributed by atoms with Gasteiger partial charge in [-0.15, -0.1) is 0 Å². The van der Waals surface area contributed by atoms with Crippen LogP contribution < -0.4 is 0 Å². The number of nitrogens with zero attached hydrogens (tertiary/aromatic N) is 1. The van der Waals surface area contributed by atoms with E-state index in [1.165, 1.54) is 35.1 Å². The molecule has 4 nitrogen and oxygen atoms in total. The second-order valence-corrected chi connectivity index (χ2v) is 7.93. The summed E-state index contributed by atoms with van der Waals surface area (Å²) in [7, 11) is 0. The van der Waals surface area contributed by atoms with E-state index in [9.17, 15) is 9.90 Å². The van der Waals surface area contributed by atoms with Crippen LogP contribution in [0.15, 0.2) is 33.2 Å². The molecule has 4 aliphatic rings. The van der Waals surface area contributed by atoms with Crippen molar-refractivity contribution in [2.24, 2.45) is 4.99 Å². The van der Waals surface area contributed by atoms with Crippen LogP contribution in [-0.2, 0) is 17.6 Å². The monoisotopic (exact) mass is 348 g/mol. The van der Waals surface area contributed by atoms with Crippen LogP contribution >= 0.6 is 0 Å². The average Bonchev–Trinajstić information content (AvgIpc) is 3.14. The number of allylic oxidation sites excluding steroid dienone is 4. The first-order chi connectivity index (χ1) is 12.6. The van der Waals surface area contributed by atoms with E-state index in [1.807, 2.05) is 6.92 Å². The summed E-state index contributed by atoms with van der Waals surface area (Å²) in [6.07, 6.45) is 8.71. The standard InChI is InChI=1S/C22H24N2O2/c1-11-13-7-3-5-9-15(13)19(23-11)17-21(25)18(22(17)26)20-16-10-6-4-8-14(16)12(2)24-20/h23,25H,3-10H2,1-2H3. The molecule has 0 spiro atoms. The van der Waals surface area contributed by atoms with Gasteiger partial charge < -0.3 is 10.1 Å². The molecule has 0 unspecified atom stereocenters. The summed E-state index contributed by atoms with van der Waals surface area (Å²) in [5.74, 6) is 0.0819. The van der Waals surface area contributed by atoms with Gasteiger partial charge in [0.2, 0.25) is 5.78 Å². The Balaban J connectivity index is 1.64. The van der Waals surface area contributed by atoms with Crippen LogP contribution in [0.25, 0.3) is 5.57 Å². The first-order valence-corrected chi connectivity index (χ1v) is 9.79. The minimum atomic E-state index is -0.0528. The fourth-order valence-corrected chi connectivity index (χ4v) is 5.08. The van der Waals surface area contributed by atoms with Crippen molar-refractivity contribution >= 4 is 17.1 Å².